The summed E-state index contributed by atoms with van der Waals surface area (Å²) in [5.74, 6) is 0.871. The van der Waals surface area contributed by atoms with Crippen LogP contribution in [-0.2, 0) is 16.2 Å². The smallest absolute Gasteiger partial charge is 0.149 e. The monoisotopic (exact) mass is 804 g/mol. The molecule has 0 saturated heterocycles. The second-order valence-corrected chi connectivity index (χ2v) is 19.8. The third-order valence-corrected chi connectivity index (χ3v) is 11.9. The maximum Gasteiger partial charge on any atom is 0.149 e. The normalized spacial score (nSPS) is 13.3. The molecule has 0 bridgehead atoms. The van der Waals surface area contributed by atoms with Crippen molar-refractivity contribution in [3.63, 3.8) is 0 Å². The van der Waals surface area contributed by atoms with Crippen LogP contribution in [-0.4, -0.2) is 19.6 Å². The Morgan fingerprint density at radius 2 is 1.18 bits per heavy atom. The average Bonchev–Trinajstić information content (AvgIpc) is 3.63. The molecule has 0 fully saturated rings. The average molecular weight is 805 g/mol. The van der Waals surface area contributed by atoms with E-state index in [2.05, 4.69) is 159 Å². The number of aromatic hydroxyl groups is 1. The Bertz CT molecular complexity index is 3040. The number of aromatic nitrogens is 3. The molecule has 308 valence electrons. The van der Waals surface area contributed by atoms with E-state index >= 15 is 0 Å². The van der Waals surface area contributed by atoms with Gasteiger partial charge in [0.1, 0.15) is 11.6 Å². The number of nitrogens with zero attached hydrogens (tertiary/aromatic N) is 3. The van der Waals surface area contributed by atoms with E-state index in [1.807, 2.05) is 43.5 Å². The number of phenolic OH excluding ortho intramolecular Hbond substituents is 1. The third kappa shape index (κ3) is 8.16. The molecule has 6 aromatic carbocycles. The van der Waals surface area contributed by atoms with E-state index < -0.39 is 6.85 Å². The van der Waals surface area contributed by atoms with Crippen LogP contribution in [0.5, 0.6) is 5.75 Å². The molecule has 0 aliphatic heterocycles. The zero-order valence-electron chi connectivity index (χ0n) is 40.5. The maximum atomic E-state index is 11.9. The zero-order valence-corrected chi connectivity index (χ0v) is 37.5. The van der Waals surface area contributed by atoms with Gasteiger partial charge in [-0.15, -0.1) is 0 Å². The van der Waals surface area contributed by atoms with Crippen LogP contribution in [0.2, 0.25) is 0 Å². The Hall–Kier alpha value is -6.26. The van der Waals surface area contributed by atoms with Gasteiger partial charge in [-0.3, -0.25) is 9.55 Å². The first-order valence-electron chi connectivity index (χ1n) is 22.8. The molecule has 8 rings (SSSR count). The SMILES string of the molecule is [2H]C([2H])([2H])c1ccc(-c2ccnc(-c3cc(-c4cccc5c4nc(-c4cc(C)cc(C)c4O)n5-c4ccc(C(C)(C)C)cc4-c4ccc(C(C)(C)C)cc4)cc(C(C)(C)C)c3)c2)cc1. The molecule has 0 unspecified atom stereocenters. The second kappa shape index (κ2) is 15.3. The molecule has 1 N–H and O–H groups in total. The molecule has 8 aromatic rings. The molecule has 0 aliphatic rings. The number of fused-ring (bicyclic) bond motifs is 1. The Balaban J connectivity index is 1.38. The predicted octanol–water partition coefficient (Wildman–Crippen LogP) is 15.3. The summed E-state index contributed by atoms with van der Waals surface area (Å²) in [5, 5.41) is 11.9. The van der Waals surface area contributed by atoms with Gasteiger partial charge in [-0.25, -0.2) is 4.98 Å². The summed E-state index contributed by atoms with van der Waals surface area (Å²) in [4.78, 5) is 10.4. The van der Waals surface area contributed by atoms with Crippen molar-refractivity contribution >= 4 is 11.0 Å². The number of pyridine rings is 1. The highest BCUT2D eigenvalue weighted by Gasteiger charge is 2.26. The van der Waals surface area contributed by atoms with Gasteiger partial charge in [0, 0.05) is 27.0 Å². The Morgan fingerprint density at radius 3 is 1.85 bits per heavy atom. The van der Waals surface area contributed by atoms with Crippen molar-refractivity contribution in [2.75, 3.05) is 0 Å². The number of phenols is 1. The maximum absolute atomic E-state index is 11.9. The fourth-order valence-corrected chi connectivity index (χ4v) is 8.26. The van der Waals surface area contributed by atoms with Gasteiger partial charge in [0.2, 0.25) is 0 Å². The van der Waals surface area contributed by atoms with E-state index in [0.717, 1.165) is 78.0 Å². The molecule has 2 aromatic heterocycles. The molecular formula is C57H59N3O. The quantitative estimate of drug-likeness (QED) is 0.182. The van der Waals surface area contributed by atoms with Crippen LogP contribution < -0.4 is 0 Å². The summed E-state index contributed by atoms with van der Waals surface area (Å²) in [5.41, 5.74) is 16.7. The fourth-order valence-electron chi connectivity index (χ4n) is 8.26. The van der Waals surface area contributed by atoms with Crippen LogP contribution in [0, 0.1) is 20.7 Å². The van der Waals surface area contributed by atoms with Crippen molar-refractivity contribution in [1.82, 2.24) is 14.5 Å². The summed E-state index contributed by atoms with van der Waals surface area (Å²) < 4.78 is 25.7. The molecule has 2 heterocycles. The lowest BCUT2D eigenvalue weighted by molar-refractivity contribution is 0.472. The number of para-hydroxylation sites is 1. The molecule has 61 heavy (non-hydrogen) atoms. The topological polar surface area (TPSA) is 50.9 Å². The van der Waals surface area contributed by atoms with Crippen LogP contribution in [0.4, 0.5) is 0 Å². The fraction of sp³-hybridized carbons (Fsp3) is 0.263. The summed E-state index contributed by atoms with van der Waals surface area (Å²) >= 11 is 0. The number of imidazole rings is 1. The number of benzene rings is 6. The van der Waals surface area contributed by atoms with Crippen molar-refractivity contribution in [2.24, 2.45) is 0 Å². The minimum Gasteiger partial charge on any atom is -0.507 e. The van der Waals surface area contributed by atoms with Crippen LogP contribution >= 0.6 is 0 Å². The summed E-state index contributed by atoms with van der Waals surface area (Å²) in [6, 6.07) is 43.9. The van der Waals surface area contributed by atoms with Gasteiger partial charge in [0.15, 0.2) is 0 Å². The molecule has 0 amide bonds. The number of aryl methyl sites for hydroxylation is 3. The van der Waals surface area contributed by atoms with Crippen LogP contribution in [0.15, 0.2) is 134 Å². The van der Waals surface area contributed by atoms with E-state index in [9.17, 15) is 5.11 Å². The Labute approximate surface area is 367 Å². The lowest BCUT2D eigenvalue weighted by Gasteiger charge is -2.24. The number of hydrogen-bond acceptors (Lipinski definition) is 3. The highest BCUT2D eigenvalue weighted by atomic mass is 16.3. The molecule has 0 atom stereocenters. The zero-order chi connectivity index (χ0) is 46.1. The van der Waals surface area contributed by atoms with Gasteiger partial charge >= 0.3 is 0 Å². The predicted molar refractivity (Wildman–Crippen MR) is 258 cm³/mol. The molecule has 0 saturated carbocycles. The van der Waals surface area contributed by atoms with Crippen LogP contribution in [0.1, 0.15) is 99.8 Å². The molecule has 0 aliphatic carbocycles. The molecule has 4 heteroatoms. The van der Waals surface area contributed by atoms with E-state index in [0.29, 0.717) is 17.0 Å². The van der Waals surface area contributed by atoms with Gasteiger partial charge in [0.05, 0.1) is 28.0 Å². The van der Waals surface area contributed by atoms with Crippen molar-refractivity contribution in [3.8, 4) is 67.5 Å². The van der Waals surface area contributed by atoms with Gasteiger partial charge in [-0.2, -0.15) is 0 Å². The molecule has 4 nitrogen and oxygen atoms in total. The third-order valence-electron chi connectivity index (χ3n) is 11.9. The highest BCUT2D eigenvalue weighted by molar-refractivity contribution is 5.98. The van der Waals surface area contributed by atoms with Crippen molar-refractivity contribution in [2.45, 2.75) is 99.3 Å². The van der Waals surface area contributed by atoms with E-state index in [-0.39, 0.29) is 22.0 Å². The molecular weight excluding hydrogens is 743 g/mol. The van der Waals surface area contributed by atoms with Gasteiger partial charge < -0.3 is 5.11 Å². The molecule has 0 radical (unpaired) electrons. The van der Waals surface area contributed by atoms with Gasteiger partial charge in [0.25, 0.3) is 0 Å². The number of hydrogen-bond donors (Lipinski definition) is 1. The van der Waals surface area contributed by atoms with E-state index in [1.165, 1.54) is 11.1 Å². The summed E-state index contributed by atoms with van der Waals surface area (Å²) in [6.45, 7) is 22.0. The first kappa shape index (κ1) is 37.7. The summed E-state index contributed by atoms with van der Waals surface area (Å²) in [7, 11) is 0. The first-order valence-corrected chi connectivity index (χ1v) is 21.3. The van der Waals surface area contributed by atoms with Crippen LogP contribution in [0.25, 0.3) is 72.7 Å². The molecule has 0 spiro atoms. The number of rotatable bonds is 6. The van der Waals surface area contributed by atoms with E-state index in [1.54, 1.807) is 12.1 Å². The lowest BCUT2D eigenvalue weighted by Crippen LogP contribution is -2.12. The van der Waals surface area contributed by atoms with Crippen LogP contribution in [0.3, 0.4) is 0 Å². The lowest BCUT2D eigenvalue weighted by atomic mass is 9.83. The van der Waals surface area contributed by atoms with Gasteiger partial charge in [-0.05, 0) is 136 Å². The van der Waals surface area contributed by atoms with Crippen molar-refractivity contribution in [1.29, 1.82) is 0 Å². The highest BCUT2D eigenvalue weighted by Crippen LogP contribution is 2.43. The minimum absolute atomic E-state index is 0.0114. The largest absolute Gasteiger partial charge is 0.507 e. The van der Waals surface area contributed by atoms with E-state index in [4.69, 9.17) is 14.1 Å². The first-order chi connectivity index (χ1) is 30.0. The van der Waals surface area contributed by atoms with Gasteiger partial charge in [-0.1, -0.05) is 147 Å². The Morgan fingerprint density at radius 1 is 0.525 bits per heavy atom. The van der Waals surface area contributed by atoms with Crippen molar-refractivity contribution < 1.29 is 9.22 Å². The standard InChI is InChI=1S/C57H59N3O/c1-35-16-18-38(19-17-35)40-26-27-58-49(33-40)42-30-41(31-45(32-42)57(10,11)12)46-14-13-15-51-52(46)59-54(48-29-36(2)28-37(3)53(48)61)60(51)50-25-24-44(56(7,8)9)34-47(50)39-20-22-43(23-21-39)55(4,5)6/h13-34,61H,1-12H3/i1D3. The second-order valence-electron chi connectivity index (χ2n) is 19.8. The summed E-state index contributed by atoms with van der Waals surface area (Å²) in [6.07, 6.45) is 1.82. The Kier molecular flexibility index (Phi) is 9.48. The minimum atomic E-state index is -2.16. The van der Waals surface area contributed by atoms with Crippen molar-refractivity contribution in [3.05, 3.63) is 167 Å².